The highest BCUT2D eigenvalue weighted by Crippen LogP contribution is 2.35. The molecule has 33 heavy (non-hydrogen) atoms. The third-order valence-electron chi connectivity index (χ3n) is 5.63. The first-order chi connectivity index (χ1) is 16.2. The number of rotatable bonds is 9. The maximum atomic E-state index is 11.6. The van der Waals surface area contributed by atoms with Crippen LogP contribution < -0.4 is 25.2 Å². The molecule has 1 aliphatic rings. The number of benzene rings is 3. The molecule has 4 N–H and O–H groups in total. The van der Waals surface area contributed by atoms with E-state index in [1.165, 1.54) is 5.56 Å². The molecule has 0 bridgehead atoms. The zero-order valence-electron chi connectivity index (χ0n) is 17.9. The molecule has 0 saturated carbocycles. The molecule has 4 aromatic rings. The van der Waals surface area contributed by atoms with Crippen molar-refractivity contribution < 1.29 is 19.3 Å². The molecule has 5 rings (SSSR count). The van der Waals surface area contributed by atoms with Gasteiger partial charge in [0, 0.05) is 12.6 Å². The monoisotopic (exact) mass is 447 g/mol. The summed E-state index contributed by atoms with van der Waals surface area (Å²) in [6.45, 7) is 0.634. The smallest absolute Gasteiger partial charge is 0.323 e. The molecule has 1 aromatic heterocycles. The predicted molar refractivity (Wildman–Crippen MR) is 124 cm³/mol. The lowest BCUT2D eigenvalue weighted by Gasteiger charge is -2.22. The number of para-hydroxylation sites is 1. The standard InChI is InChI=1S/C25H25N3O5/c29-18(14-31-22-8-4-7-19-24(22)28-25(30)27-19)13-26-20(11-16-5-2-1-3-6-16)17-9-10-21-23(12-17)33-15-32-21/h1-10,12,18,20,26,29H,11,13-15H2,(H2,27,28,30)/t18-,20-/m0/s1. The van der Waals surface area contributed by atoms with Crippen LogP contribution in [0.5, 0.6) is 17.2 Å². The van der Waals surface area contributed by atoms with Crippen molar-refractivity contribution in [2.24, 2.45) is 0 Å². The van der Waals surface area contributed by atoms with Gasteiger partial charge in [-0.15, -0.1) is 0 Å². The molecule has 0 saturated heterocycles. The van der Waals surface area contributed by atoms with Crippen LogP contribution in [0.25, 0.3) is 11.0 Å². The van der Waals surface area contributed by atoms with E-state index in [9.17, 15) is 9.90 Å². The summed E-state index contributed by atoms with van der Waals surface area (Å²) in [6, 6.07) is 21.4. The Balaban J connectivity index is 1.26. The number of hydrogen-bond acceptors (Lipinski definition) is 6. The van der Waals surface area contributed by atoms with Crippen LogP contribution >= 0.6 is 0 Å². The average molecular weight is 447 g/mol. The van der Waals surface area contributed by atoms with Crippen molar-refractivity contribution in [3.63, 3.8) is 0 Å². The van der Waals surface area contributed by atoms with Crippen molar-refractivity contribution in [2.75, 3.05) is 19.9 Å². The largest absolute Gasteiger partial charge is 0.489 e. The van der Waals surface area contributed by atoms with E-state index in [0.29, 0.717) is 23.3 Å². The average Bonchev–Trinajstić information content (AvgIpc) is 3.46. The number of H-pyrrole nitrogens is 2. The van der Waals surface area contributed by atoms with Gasteiger partial charge >= 0.3 is 5.69 Å². The molecule has 8 heteroatoms. The zero-order chi connectivity index (χ0) is 22.6. The maximum Gasteiger partial charge on any atom is 0.323 e. The van der Waals surface area contributed by atoms with Crippen LogP contribution in [0.4, 0.5) is 0 Å². The van der Waals surface area contributed by atoms with Gasteiger partial charge in [0.25, 0.3) is 0 Å². The molecule has 0 fully saturated rings. The molecular weight excluding hydrogens is 422 g/mol. The van der Waals surface area contributed by atoms with Gasteiger partial charge in [0.2, 0.25) is 6.79 Å². The fourth-order valence-electron chi connectivity index (χ4n) is 3.96. The Labute approximate surface area is 190 Å². The third-order valence-corrected chi connectivity index (χ3v) is 5.63. The van der Waals surface area contributed by atoms with E-state index in [0.717, 1.165) is 23.5 Å². The SMILES string of the molecule is O=c1[nH]c2cccc(OC[C@@H](O)CN[C@@H](Cc3ccccc3)c3ccc4c(c3)OCO4)c2[nH]1. The normalized spacial score (nSPS) is 14.3. The number of aromatic amines is 2. The lowest BCUT2D eigenvalue weighted by Crippen LogP contribution is -2.34. The molecule has 0 spiro atoms. The Morgan fingerprint density at radius 1 is 1.00 bits per heavy atom. The first-order valence-corrected chi connectivity index (χ1v) is 10.8. The van der Waals surface area contributed by atoms with E-state index in [4.69, 9.17) is 14.2 Å². The summed E-state index contributed by atoms with van der Waals surface area (Å²) in [6.07, 6.45) is -0.00369. The van der Waals surface area contributed by atoms with E-state index in [1.807, 2.05) is 36.4 Å². The lowest BCUT2D eigenvalue weighted by atomic mass is 9.98. The summed E-state index contributed by atoms with van der Waals surface area (Å²) in [7, 11) is 0. The second kappa shape index (κ2) is 9.40. The van der Waals surface area contributed by atoms with Crippen molar-refractivity contribution >= 4 is 11.0 Å². The molecular formula is C25H25N3O5. The first kappa shape index (κ1) is 21.1. The van der Waals surface area contributed by atoms with Crippen LogP contribution in [-0.4, -0.2) is 41.1 Å². The van der Waals surface area contributed by atoms with E-state index < -0.39 is 6.10 Å². The van der Waals surface area contributed by atoms with Crippen molar-refractivity contribution in [3.05, 3.63) is 88.3 Å². The van der Waals surface area contributed by atoms with Crippen molar-refractivity contribution in [3.8, 4) is 17.2 Å². The minimum Gasteiger partial charge on any atom is -0.489 e. The summed E-state index contributed by atoms with van der Waals surface area (Å²) in [4.78, 5) is 17.0. The van der Waals surface area contributed by atoms with Crippen LogP contribution in [0.1, 0.15) is 17.2 Å². The molecule has 170 valence electrons. The third kappa shape index (κ3) is 4.87. The van der Waals surface area contributed by atoms with Gasteiger partial charge in [-0.2, -0.15) is 0 Å². The van der Waals surface area contributed by atoms with Gasteiger partial charge in [0.05, 0.1) is 5.52 Å². The Hall–Kier alpha value is -3.75. The topological polar surface area (TPSA) is 109 Å². The van der Waals surface area contributed by atoms with Crippen molar-refractivity contribution in [2.45, 2.75) is 18.6 Å². The number of aliphatic hydroxyl groups is 1. The maximum absolute atomic E-state index is 11.6. The van der Waals surface area contributed by atoms with Crippen LogP contribution in [0, 0.1) is 0 Å². The van der Waals surface area contributed by atoms with Gasteiger partial charge in [-0.3, -0.25) is 0 Å². The molecule has 3 aromatic carbocycles. The molecule has 2 heterocycles. The molecule has 0 aliphatic carbocycles. The van der Waals surface area contributed by atoms with Crippen molar-refractivity contribution in [1.82, 2.24) is 15.3 Å². The zero-order valence-corrected chi connectivity index (χ0v) is 17.9. The highest BCUT2D eigenvalue weighted by molar-refractivity contribution is 5.81. The van der Waals surface area contributed by atoms with E-state index in [2.05, 4.69) is 27.4 Å². The van der Waals surface area contributed by atoms with Gasteiger partial charge in [-0.1, -0.05) is 42.5 Å². The van der Waals surface area contributed by atoms with Crippen LogP contribution in [0.2, 0.25) is 0 Å². The number of aromatic nitrogens is 2. The molecule has 8 nitrogen and oxygen atoms in total. The fourth-order valence-corrected chi connectivity index (χ4v) is 3.96. The summed E-state index contributed by atoms with van der Waals surface area (Å²) in [5.41, 5.74) is 3.18. The molecule has 0 radical (unpaired) electrons. The molecule has 0 amide bonds. The van der Waals surface area contributed by atoms with Crippen LogP contribution in [-0.2, 0) is 6.42 Å². The Morgan fingerprint density at radius 2 is 1.85 bits per heavy atom. The number of nitrogens with one attached hydrogen (secondary N) is 3. The van der Waals surface area contributed by atoms with Gasteiger partial charge in [-0.25, -0.2) is 4.79 Å². The van der Waals surface area contributed by atoms with Gasteiger partial charge in [0.15, 0.2) is 11.5 Å². The fraction of sp³-hybridized carbons (Fsp3) is 0.240. The Kier molecular flexibility index (Phi) is 6.01. The first-order valence-electron chi connectivity index (χ1n) is 10.8. The van der Waals surface area contributed by atoms with Gasteiger partial charge in [0.1, 0.15) is 24.0 Å². The number of fused-ring (bicyclic) bond motifs is 2. The Bertz CT molecular complexity index is 1280. The summed E-state index contributed by atoms with van der Waals surface area (Å²) in [5, 5.41) is 14.1. The van der Waals surface area contributed by atoms with Crippen molar-refractivity contribution in [1.29, 1.82) is 0 Å². The second-order valence-electron chi connectivity index (χ2n) is 7.99. The quantitative estimate of drug-likeness (QED) is 0.314. The van der Waals surface area contributed by atoms with Gasteiger partial charge < -0.3 is 34.6 Å². The summed E-state index contributed by atoms with van der Waals surface area (Å²) in [5.74, 6) is 1.98. The highest BCUT2D eigenvalue weighted by Gasteiger charge is 2.19. The lowest BCUT2D eigenvalue weighted by molar-refractivity contribution is 0.104. The number of aliphatic hydroxyl groups excluding tert-OH is 1. The summed E-state index contributed by atoms with van der Waals surface area (Å²) >= 11 is 0. The van der Waals surface area contributed by atoms with Crippen LogP contribution in [0.15, 0.2) is 71.5 Å². The molecule has 1 aliphatic heterocycles. The minimum absolute atomic E-state index is 0.0407. The highest BCUT2D eigenvalue weighted by atomic mass is 16.7. The number of hydrogen-bond donors (Lipinski definition) is 4. The number of imidazole rings is 1. The van der Waals surface area contributed by atoms with E-state index in [-0.39, 0.29) is 25.1 Å². The molecule has 2 atom stereocenters. The predicted octanol–water partition coefficient (Wildman–Crippen LogP) is 2.90. The summed E-state index contributed by atoms with van der Waals surface area (Å²) < 4.78 is 16.8. The Morgan fingerprint density at radius 3 is 2.73 bits per heavy atom. The minimum atomic E-state index is -0.752. The van der Waals surface area contributed by atoms with Crippen LogP contribution in [0.3, 0.4) is 0 Å². The van der Waals surface area contributed by atoms with Gasteiger partial charge in [-0.05, 0) is 41.8 Å². The number of ether oxygens (including phenoxy) is 3. The van der Waals surface area contributed by atoms with E-state index >= 15 is 0 Å². The van der Waals surface area contributed by atoms with E-state index in [1.54, 1.807) is 18.2 Å². The molecule has 0 unspecified atom stereocenters. The second-order valence-corrected chi connectivity index (χ2v) is 7.99.